The van der Waals surface area contributed by atoms with Gasteiger partial charge in [0.05, 0.1) is 12.3 Å². The van der Waals surface area contributed by atoms with Crippen molar-refractivity contribution in [1.82, 2.24) is 4.98 Å². The predicted octanol–water partition coefficient (Wildman–Crippen LogP) is 2.14. The molecule has 1 aromatic rings. The molecule has 5 heteroatoms. The molecule has 0 saturated heterocycles. The first-order valence-electron chi connectivity index (χ1n) is 6.44. The van der Waals surface area contributed by atoms with E-state index in [0.29, 0.717) is 18.0 Å². The largest absolute Gasteiger partial charge is 0.461 e. The molecule has 1 aliphatic heterocycles. The lowest BCUT2D eigenvalue weighted by Crippen LogP contribution is -2.23. The molecule has 1 aromatic heterocycles. The normalized spacial score (nSPS) is 22.4. The quantitative estimate of drug-likeness (QED) is 0.780. The monoisotopic (exact) mass is 262 g/mol. The van der Waals surface area contributed by atoms with Gasteiger partial charge in [-0.25, -0.2) is 9.79 Å². The van der Waals surface area contributed by atoms with Crippen molar-refractivity contribution < 1.29 is 14.3 Å². The summed E-state index contributed by atoms with van der Waals surface area (Å²) >= 11 is 0. The lowest BCUT2D eigenvalue weighted by molar-refractivity contribution is -0.135. The highest BCUT2D eigenvalue weighted by Gasteiger charge is 2.37. The van der Waals surface area contributed by atoms with Crippen molar-refractivity contribution in [3.63, 3.8) is 0 Å². The molecule has 19 heavy (non-hydrogen) atoms. The average molecular weight is 262 g/mol. The van der Waals surface area contributed by atoms with Gasteiger partial charge < -0.3 is 9.47 Å². The van der Waals surface area contributed by atoms with Gasteiger partial charge in [-0.1, -0.05) is 19.9 Å². The maximum absolute atomic E-state index is 11.9. The Balaban J connectivity index is 2.27. The van der Waals surface area contributed by atoms with E-state index < -0.39 is 12.1 Å². The molecule has 5 nitrogen and oxygen atoms in total. The van der Waals surface area contributed by atoms with Crippen LogP contribution in [-0.4, -0.2) is 29.5 Å². The van der Waals surface area contributed by atoms with Crippen LogP contribution in [0.3, 0.4) is 0 Å². The van der Waals surface area contributed by atoms with Gasteiger partial charge in [-0.2, -0.15) is 0 Å². The second kappa shape index (κ2) is 5.93. The lowest BCUT2D eigenvalue weighted by Gasteiger charge is -2.15. The average Bonchev–Trinajstić information content (AvgIpc) is 2.85. The molecule has 0 spiro atoms. The van der Waals surface area contributed by atoms with E-state index in [0.717, 1.165) is 0 Å². The number of aromatic nitrogens is 1. The summed E-state index contributed by atoms with van der Waals surface area (Å²) in [5, 5.41) is 0. The number of hydrogen-bond donors (Lipinski definition) is 0. The van der Waals surface area contributed by atoms with Crippen LogP contribution in [-0.2, 0) is 14.3 Å². The number of rotatable bonds is 4. The lowest BCUT2D eigenvalue weighted by atomic mass is 10.1. The maximum Gasteiger partial charge on any atom is 0.355 e. The molecule has 0 bridgehead atoms. The first kappa shape index (κ1) is 13.7. The fourth-order valence-corrected chi connectivity index (χ4v) is 1.85. The Kier molecular flexibility index (Phi) is 4.27. The molecule has 2 atom stereocenters. The van der Waals surface area contributed by atoms with Gasteiger partial charge in [-0.3, -0.25) is 4.98 Å². The molecular weight excluding hydrogens is 244 g/mol. The van der Waals surface area contributed by atoms with Crippen LogP contribution in [0, 0.1) is 5.92 Å². The predicted molar refractivity (Wildman–Crippen MR) is 70.8 cm³/mol. The van der Waals surface area contributed by atoms with E-state index in [2.05, 4.69) is 9.98 Å². The molecule has 0 N–H and O–H groups in total. The van der Waals surface area contributed by atoms with Crippen LogP contribution in [0.25, 0.3) is 0 Å². The van der Waals surface area contributed by atoms with E-state index in [9.17, 15) is 4.79 Å². The van der Waals surface area contributed by atoms with E-state index >= 15 is 0 Å². The van der Waals surface area contributed by atoms with Crippen molar-refractivity contribution in [1.29, 1.82) is 0 Å². The summed E-state index contributed by atoms with van der Waals surface area (Å²) in [5.74, 6) is -0.237. The third-order valence-electron chi connectivity index (χ3n) is 2.80. The number of esters is 1. The first-order valence-corrected chi connectivity index (χ1v) is 6.44. The molecule has 0 radical (unpaired) electrons. The molecule has 2 rings (SSSR count). The fraction of sp³-hybridized carbons (Fsp3) is 0.500. The van der Waals surface area contributed by atoms with Crippen molar-refractivity contribution in [3.05, 3.63) is 30.1 Å². The van der Waals surface area contributed by atoms with Gasteiger partial charge in [0.2, 0.25) is 0 Å². The fourth-order valence-electron chi connectivity index (χ4n) is 1.85. The van der Waals surface area contributed by atoms with Crippen LogP contribution >= 0.6 is 0 Å². The van der Waals surface area contributed by atoms with Crippen molar-refractivity contribution >= 4 is 11.7 Å². The minimum atomic E-state index is -0.535. The van der Waals surface area contributed by atoms with Crippen LogP contribution < -0.4 is 0 Å². The molecule has 0 aliphatic carbocycles. The summed E-state index contributed by atoms with van der Waals surface area (Å²) in [6, 6.07) is 5.50. The Bertz CT molecular complexity index is 471. The summed E-state index contributed by atoms with van der Waals surface area (Å²) in [7, 11) is 0. The molecule has 2 heterocycles. The van der Waals surface area contributed by atoms with Crippen molar-refractivity contribution in [2.75, 3.05) is 6.61 Å². The first-order chi connectivity index (χ1) is 9.13. The van der Waals surface area contributed by atoms with Gasteiger partial charge in [0, 0.05) is 12.1 Å². The SMILES string of the molecule is CCOC(=O)C1=N[C@@H](C(C)C)O[C@@H]1c1ccccn1. The number of pyridine rings is 1. The Hall–Kier alpha value is -1.75. The van der Waals surface area contributed by atoms with Gasteiger partial charge >= 0.3 is 5.97 Å². The number of hydrogen-bond acceptors (Lipinski definition) is 5. The number of aliphatic imine (C=N–C) groups is 1. The van der Waals surface area contributed by atoms with E-state index in [1.807, 2.05) is 32.0 Å². The van der Waals surface area contributed by atoms with E-state index in [4.69, 9.17) is 9.47 Å². The van der Waals surface area contributed by atoms with Gasteiger partial charge in [0.25, 0.3) is 0 Å². The van der Waals surface area contributed by atoms with Crippen LogP contribution in [0.4, 0.5) is 0 Å². The Morgan fingerprint density at radius 3 is 2.84 bits per heavy atom. The minimum Gasteiger partial charge on any atom is -0.461 e. The smallest absolute Gasteiger partial charge is 0.355 e. The topological polar surface area (TPSA) is 60.8 Å². The second-order valence-corrected chi connectivity index (χ2v) is 4.64. The number of ether oxygens (including phenoxy) is 2. The van der Waals surface area contributed by atoms with Crippen LogP contribution in [0.15, 0.2) is 29.4 Å². The van der Waals surface area contributed by atoms with Gasteiger partial charge in [0.1, 0.15) is 0 Å². The Morgan fingerprint density at radius 2 is 2.26 bits per heavy atom. The summed E-state index contributed by atoms with van der Waals surface area (Å²) in [5.41, 5.74) is 0.983. The van der Waals surface area contributed by atoms with Gasteiger partial charge in [0.15, 0.2) is 18.0 Å². The van der Waals surface area contributed by atoms with Crippen LogP contribution in [0.5, 0.6) is 0 Å². The molecule has 0 amide bonds. The summed E-state index contributed by atoms with van der Waals surface area (Å²) in [6.07, 6.45) is 0.809. The third kappa shape index (κ3) is 2.98. The summed E-state index contributed by atoms with van der Waals surface area (Å²) in [4.78, 5) is 20.5. The molecule has 0 fully saturated rings. The van der Waals surface area contributed by atoms with Crippen LogP contribution in [0.1, 0.15) is 32.6 Å². The number of nitrogens with zero attached hydrogens (tertiary/aromatic N) is 2. The zero-order chi connectivity index (χ0) is 13.8. The van der Waals surface area contributed by atoms with E-state index in [1.165, 1.54) is 0 Å². The second-order valence-electron chi connectivity index (χ2n) is 4.64. The Morgan fingerprint density at radius 1 is 1.47 bits per heavy atom. The molecular formula is C14H18N2O3. The van der Waals surface area contributed by atoms with Crippen molar-refractivity contribution in [2.24, 2.45) is 10.9 Å². The van der Waals surface area contributed by atoms with E-state index in [1.54, 1.807) is 13.1 Å². The molecule has 102 valence electrons. The highest BCUT2D eigenvalue weighted by atomic mass is 16.5. The third-order valence-corrected chi connectivity index (χ3v) is 2.80. The number of carbonyl (C=O) groups is 1. The Labute approximate surface area is 112 Å². The molecule has 0 unspecified atom stereocenters. The number of carbonyl (C=O) groups excluding carboxylic acids is 1. The zero-order valence-corrected chi connectivity index (χ0v) is 11.4. The summed E-state index contributed by atoms with van der Waals surface area (Å²) in [6.45, 7) is 6.08. The van der Waals surface area contributed by atoms with Crippen molar-refractivity contribution in [3.8, 4) is 0 Å². The molecule has 0 aromatic carbocycles. The standard InChI is InChI=1S/C14H18N2O3/c1-4-18-14(17)11-12(10-7-5-6-8-15-10)19-13(16-11)9(2)3/h5-9,12-13H,4H2,1-3H3/t12-,13-/m1/s1. The minimum absolute atomic E-state index is 0.193. The van der Waals surface area contributed by atoms with E-state index in [-0.39, 0.29) is 12.1 Å². The van der Waals surface area contributed by atoms with Crippen LogP contribution in [0.2, 0.25) is 0 Å². The zero-order valence-electron chi connectivity index (χ0n) is 11.4. The summed E-state index contributed by atoms with van der Waals surface area (Å²) < 4.78 is 10.9. The molecule has 0 saturated carbocycles. The highest BCUT2D eigenvalue weighted by molar-refractivity contribution is 6.38. The highest BCUT2D eigenvalue weighted by Crippen LogP contribution is 2.29. The van der Waals surface area contributed by atoms with Crippen molar-refractivity contribution in [2.45, 2.75) is 33.1 Å². The maximum atomic E-state index is 11.9. The van der Waals surface area contributed by atoms with Gasteiger partial charge in [-0.05, 0) is 19.1 Å². The molecule has 1 aliphatic rings. The van der Waals surface area contributed by atoms with Gasteiger partial charge in [-0.15, -0.1) is 0 Å².